The van der Waals surface area contributed by atoms with Gasteiger partial charge in [0.1, 0.15) is 11.4 Å². The molecule has 0 bridgehead atoms. The monoisotopic (exact) mass is 314 g/mol. The van der Waals surface area contributed by atoms with Gasteiger partial charge in [0.2, 0.25) is 0 Å². The minimum Gasteiger partial charge on any atom is -0.497 e. The van der Waals surface area contributed by atoms with Crippen molar-refractivity contribution in [1.29, 1.82) is 0 Å². The van der Waals surface area contributed by atoms with Gasteiger partial charge in [0.25, 0.3) is 5.56 Å². The van der Waals surface area contributed by atoms with Gasteiger partial charge in [-0.2, -0.15) is 0 Å². The molecule has 0 aliphatic rings. The number of nitrogens with one attached hydrogen (secondary N) is 1. The standard InChI is InChI=1S/C15H14N4O4/c1-18-14(21)12-13(17-15(18)22)19(8-16-12)7-11(20)9-3-5-10(23-2)6-4-9/h3-6,8H,7H2,1-2H3,(H,17,22). The summed E-state index contributed by atoms with van der Waals surface area (Å²) in [6.07, 6.45) is 1.36. The predicted molar refractivity (Wildman–Crippen MR) is 82.9 cm³/mol. The fourth-order valence-corrected chi connectivity index (χ4v) is 2.25. The van der Waals surface area contributed by atoms with E-state index in [0.29, 0.717) is 11.3 Å². The van der Waals surface area contributed by atoms with Crippen molar-refractivity contribution in [3.05, 3.63) is 57.0 Å². The number of fused-ring (bicyclic) bond motifs is 1. The lowest BCUT2D eigenvalue weighted by atomic mass is 10.1. The number of hydrogen-bond donors (Lipinski definition) is 1. The highest BCUT2D eigenvalue weighted by Crippen LogP contribution is 2.13. The van der Waals surface area contributed by atoms with Crippen molar-refractivity contribution in [2.75, 3.05) is 7.11 Å². The van der Waals surface area contributed by atoms with Gasteiger partial charge >= 0.3 is 5.69 Å². The van der Waals surface area contributed by atoms with Crippen molar-refractivity contribution < 1.29 is 9.53 Å². The fraction of sp³-hybridized carbons (Fsp3) is 0.200. The van der Waals surface area contributed by atoms with Gasteiger partial charge in [0.05, 0.1) is 20.0 Å². The average molecular weight is 314 g/mol. The van der Waals surface area contributed by atoms with E-state index in [4.69, 9.17) is 4.74 Å². The van der Waals surface area contributed by atoms with Crippen molar-refractivity contribution in [3.63, 3.8) is 0 Å². The number of hydrogen-bond acceptors (Lipinski definition) is 5. The molecule has 23 heavy (non-hydrogen) atoms. The van der Waals surface area contributed by atoms with Crippen LogP contribution >= 0.6 is 0 Å². The quantitative estimate of drug-likeness (QED) is 0.699. The number of aromatic amines is 1. The topological polar surface area (TPSA) is 99.0 Å². The van der Waals surface area contributed by atoms with Crippen molar-refractivity contribution in [3.8, 4) is 5.75 Å². The zero-order valence-corrected chi connectivity index (χ0v) is 12.6. The molecular formula is C15H14N4O4. The van der Waals surface area contributed by atoms with Crippen LogP contribution in [0.4, 0.5) is 0 Å². The molecular weight excluding hydrogens is 300 g/mol. The van der Waals surface area contributed by atoms with Crippen molar-refractivity contribution in [2.24, 2.45) is 7.05 Å². The van der Waals surface area contributed by atoms with E-state index >= 15 is 0 Å². The number of ether oxygens (including phenoxy) is 1. The third-order valence-corrected chi connectivity index (χ3v) is 3.60. The summed E-state index contributed by atoms with van der Waals surface area (Å²) in [5.41, 5.74) is -0.200. The first-order valence-corrected chi connectivity index (χ1v) is 6.82. The van der Waals surface area contributed by atoms with Crippen LogP contribution in [0.25, 0.3) is 11.2 Å². The highest BCUT2D eigenvalue weighted by Gasteiger charge is 2.14. The molecule has 0 saturated carbocycles. The number of carbonyl (C=O) groups is 1. The number of ketones is 1. The molecule has 3 rings (SSSR count). The number of aromatic nitrogens is 4. The molecule has 0 unspecified atom stereocenters. The minimum absolute atomic E-state index is 0.0358. The Morgan fingerprint density at radius 1 is 1.26 bits per heavy atom. The molecule has 1 aromatic carbocycles. The molecule has 3 aromatic rings. The molecule has 0 aliphatic carbocycles. The molecule has 0 atom stereocenters. The summed E-state index contributed by atoms with van der Waals surface area (Å²) >= 11 is 0. The van der Waals surface area contributed by atoms with Crippen LogP contribution in [0.15, 0.2) is 40.2 Å². The molecule has 0 aliphatic heterocycles. The van der Waals surface area contributed by atoms with Crippen LogP contribution in [0.5, 0.6) is 5.75 Å². The molecule has 0 saturated heterocycles. The van der Waals surface area contributed by atoms with Crippen molar-refractivity contribution in [1.82, 2.24) is 19.1 Å². The number of imidazole rings is 1. The number of benzene rings is 1. The summed E-state index contributed by atoms with van der Waals surface area (Å²) in [5, 5.41) is 0. The third-order valence-electron chi connectivity index (χ3n) is 3.60. The number of Topliss-reactive ketones (excluding diaryl/α,β-unsaturated/α-hetero) is 1. The van der Waals surface area contributed by atoms with E-state index in [1.807, 2.05) is 0 Å². The van der Waals surface area contributed by atoms with Gasteiger partial charge in [0.15, 0.2) is 11.3 Å². The van der Waals surface area contributed by atoms with E-state index in [2.05, 4.69) is 9.97 Å². The Balaban J connectivity index is 1.96. The molecule has 0 spiro atoms. The molecule has 2 heterocycles. The second kappa shape index (κ2) is 5.56. The molecule has 2 aromatic heterocycles. The molecule has 8 nitrogen and oxygen atoms in total. The van der Waals surface area contributed by atoms with Crippen LogP contribution in [0.3, 0.4) is 0 Å². The zero-order valence-electron chi connectivity index (χ0n) is 12.6. The van der Waals surface area contributed by atoms with E-state index in [1.165, 1.54) is 17.9 Å². The van der Waals surface area contributed by atoms with E-state index in [1.54, 1.807) is 31.4 Å². The van der Waals surface area contributed by atoms with Gasteiger partial charge in [-0.3, -0.25) is 19.1 Å². The lowest BCUT2D eigenvalue weighted by Gasteiger charge is -2.05. The number of carbonyl (C=O) groups excluding carboxylic acids is 1. The fourth-order valence-electron chi connectivity index (χ4n) is 2.25. The number of nitrogens with zero attached hydrogens (tertiary/aromatic N) is 3. The Morgan fingerprint density at radius 3 is 2.61 bits per heavy atom. The smallest absolute Gasteiger partial charge is 0.329 e. The van der Waals surface area contributed by atoms with Crippen LogP contribution < -0.4 is 16.0 Å². The first-order valence-electron chi connectivity index (χ1n) is 6.82. The van der Waals surface area contributed by atoms with Gasteiger partial charge in [-0.1, -0.05) is 0 Å². The van der Waals surface area contributed by atoms with Crippen LogP contribution in [0.1, 0.15) is 10.4 Å². The normalized spacial score (nSPS) is 10.9. The van der Waals surface area contributed by atoms with Crippen LogP contribution in [-0.2, 0) is 13.6 Å². The van der Waals surface area contributed by atoms with E-state index in [9.17, 15) is 14.4 Å². The summed E-state index contributed by atoms with van der Waals surface area (Å²) in [5.74, 6) is 0.482. The molecule has 0 amide bonds. The molecule has 118 valence electrons. The van der Waals surface area contributed by atoms with Crippen molar-refractivity contribution >= 4 is 16.9 Å². The van der Waals surface area contributed by atoms with Gasteiger partial charge in [0, 0.05) is 12.6 Å². The molecule has 8 heteroatoms. The first kappa shape index (κ1) is 14.8. The Labute approximate surface area is 130 Å². The Bertz CT molecular complexity index is 995. The SMILES string of the molecule is COc1ccc(C(=O)Cn2cnc3c(=O)n(C)c(=O)[nH]c32)cc1. The van der Waals surface area contributed by atoms with Crippen molar-refractivity contribution in [2.45, 2.75) is 6.54 Å². The Kier molecular flexibility index (Phi) is 3.57. The summed E-state index contributed by atoms with van der Waals surface area (Å²) in [7, 11) is 2.91. The van der Waals surface area contributed by atoms with Crippen LogP contribution in [-0.4, -0.2) is 32.0 Å². The maximum Gasteiger partial charge on any atom is 0.329 e. The maximum absolute atomic E-state index is 12.3. The zero-order chi connectivity index (χ0) is 16.6. The van der Waals surface area contributed by atoms with E-state index < -0.39 is 11.2 Å². The third kappa shape index (κ3) is 2.54. The highest BCUT2D eigenvalue weighted by atomic mass is 16.5. The van der Waals surface area contributed by atoms with Gasteiger partial charge in [-0.05, 0) is 24.3 Å². The number of rotatable bonds is 4. The van der Waals surface area contributed by atoms with Gasteiger partial charge < -0.3 is 9.30 Å². The Hall–Kier alpha value is -3.16. The summed E-state index contributed by atoms with van der Waals surface area (Å²) in [6.45, 7) is -0.0358. The summed E-state index contributed by atoms with van der Waals surface area (Å²) < 4.78 is 7.43. The lowest BCUT2D eigenvalue weighted by molar-refractivity contribution is 0.0973. The minimum atomic E-state index is -0.554. The van der Waals surface area contributed by atoms with E-state index in [0.717, 1.165) is 4.57 Å². The second-order valence-electron chi connectivity index (χ2n) is 5.02. The lowest BCUT2D eigenvalue weighted by Crippen LogP contribution is -2.32. The van der Waals surface area contributed by atoms with Crippen LogP contribution in [0.2, 0.25) is 0 Å². The largest absolute Gasteiger partial charge is 0.497 e. The molecule has 0 radical (unpaired) electrons. The molecule has 0 fully saturated rings. The predicted octanol–water partition coefficient (Wildman–Crippen LogP) is 0.315. The first-order chi connectivity index (χ1) is 11.0. The summed E-state index contributed by atoms with van der Waals surface area (Å²) in [6, 6.07) is 6.69. The Morgan fingerprint density at radius 2 is 1.96 bits per heavy atom. The van der Waals surface area contributed by atoms with Crippen LogP contribution in [0, 0.1) is 0 Å². The average Bonchev–Trinajstić information content (AvgIpc) is 2.95. The molecule has 1 N–H and O–H groups in total. The summed E-state index contributed by atoms with van der Waals surface area (Å²) in [4.78, 5) is 42.5. The van der Waals surface area contributed by atoms with E-state index in [-0.39, 0.29) is 23.5 Å². The highest BCUT2D eigenvalue weighted by molar-refractivity contribution is 5.96. The maximum atomic E-state index is 12.3. The number of methoxy groups -OCH3 is 1. The van der Waals surface area contributed by atoms with Gasteiger partial charge in [-0.25, -0.2) is 9.78 Å². The second-order valence-corrected chi connectivity index (χ2v) is 5.02. The van der Waals surface area contributed by atoms with Gasteiger partial charge in [-0.15, -0.1) is 0 Å². The number of H-pyrrole nitrogens is 1.